The summed E-state index contributed by atoms with van der Waals surface area (Å²) in [6.45, 7) is 5.08. The Labute approximate surface area is 163 Å². The number of aryl methyl sites for hydroxylation is 1. The maximum absolute atomic E-state index is 13.0. The lowest BCUT2D eigenvalue weighted by Crippen LogP contribution is -2.51. The third-order valence-corrected chi connectivity index (χ3v) is 5.75. The first-order chi connectivity index (χ1) is 13.1. The topological polar surface area (TPSA) is 107 Å². The number of urea groups is 1. The summed E-state index contributed by atoms with van der Waals surface area (Å²) < 4.78 is 0. The quantitative estimate of drug-likeness (QED) is 0.761. The fourth-order valence-electron chi connectivity index (χ4n) is 3.81. The number of nitrogens with zero attached hydrogens (tertiary/aromatic N) is 2. The number of carbonyl (C=O) groups is 4. The van der Waals surface area contributed by atoms with Crippen molar-refractivity contribution in [2.24, 2.45) is 5.92 Å². The zero-order chi connectivity index (χ0) is 20.6. The highest BCUT2D eigenvalue weighted by Gasteiger charge is 2.50. The van der Waals surface area contributed by atoms with Gasteiger partial charge in [0.1, 0.15) is 12.1 Å². The third-order valence-electron chi connectivity index (χ3n) is 5.75. The monoisotopic (exact) mass is 387 g/mol. The fraction of sp³-hybridized carbons (Fsp3) is 0.500. The van der Waals surface area contributed by atoms with Gasteiger partial charge < -0.3 is 15.3 Å². The lowest BCUT2D eigenvalue weighted by atomic mass is 9.91. The second kappa shape index (κ2) is 7.26. The standard InChI is InChI=1S/C20H25N3O5/c1-12-4-8-15(9-5-12)20(3)18(27)23(19(28)21-20)11-16(24)22-10-14(17(25)26)7-6-13(22)2/h4-5,8-9,13-14H,6-7,10-11H2,1-3H3,(H,21,28)(H,25,26). The van der Waals surface area contributed by atoms with Gasteiger partial charge in [0.2, 0.25) is 5.91 Å². The van der Waals surface area contributed by atoms with Crippen LogP contribution in [0.4, 0.5) is 4.79 Å². The second-order valence-corrected chi connectivity index (χ2v) is 7.82. The molecule has 8 heteroatoms. The Morgan fingerprint density at radius 3 is 2.46 bits per heavy atom. The van der Waals surface area contributed by atoms with Gasteiger partial charge in [0.15, 0.2) is 0 Å². The van der Waals surface area contributed by atoms with Crippen LogP contribution >= 0.6 is 0 Å². The minimum atomic E-state index is -1.23. The number of hydrogen-bond acceptors (Lipinski definition) is 4. The van der Waals surface area contributed by atoms with E-state index in [2.05, 4.69) is 5.32 Å². The van der Waals surface area contributed by atoms with Crippen molar-refractivity contribution in [3.8, 4) is 0 Å². The van der Waals surface area contributed by atoms with Crippen LogP contribution in [-0.4, -0.2) is 57.9 Å². The molecule has 2 aliphatic heterocycles. The molecular formula is C20H25N3O5. The number of piperidine rings is 1. The lowest BCUT2D eigenvalue weighted by Gasteiger charge is -2.37. The van der Waals surface area contributed by atoms with E-state index in [0.717, 1.165) is 10.5 Å². The van der Waals surface area contributed by atoms with E-state index in [1.54, 1.807) is 19.1 Å². The SMILES string of the molecule is Cc1ccc(C2(C)NC(=O)N(CC(=O)N3CC(C(=O)O)CCC3C)C2=O)cc1. The van der Waals surface area contributed by atoms with E-state index in [-0.39, 0.29) is 12.6 Å². The summed E-state index contributed by atoms with van der Waals surface area (Å²) in [5.41, 5.74) is 0.439. The largest absolute Gasteiger partial charge is 0.481 e. The molecule has 0 aliphatic carbocycles. The molecule has 28 heavy (non-hydrogen) atoms. The number of benzene rings is 1. The van der Waals surface area contributed by atoms with Gasteiger partial charge in [-0.2, -0.15) is 0 Å². The van der Waals surface area contributed by atoms with Crippen LogP contribution in [0.2, 0.25) is 0 Å². The molecule has 8 nitrogen and oxygen atoms in total. The predicted molar refractivity (Wildman–Crippen MR) is 100 cm³/mol. The van der Waals surface area contributed by atoms with Crippen molar-refractivity contribution in [1.29, 1.82) is 0 Å². The van der Waals surface area contributed by atoms with Gasteiger partial charge in [-0.1, -0.05) is 29.8 Å². The average Bonchev–Trinajstić information content (AvgIpc) is 2.86. The zero-order valence-corrected chi connectivity index (χ0v) is 16.3. The van der Waals surface area contributed by atoms with Crippen molar-refractivity contribution in [1.82, 2.24) is 15.1 Å². The molecule has 1 aromatic rings. The minimum Gasteiger partial charge on any atom is -0.481 e. The summed E-state index contributed by atoms with van der Waals surface area (Å²) in [6, 6.07) is 6.52. The molecule has 1 aromatic carbocycles. The van der Waals surface area contributed by atoms with Crippen molar-refractivity contribution in [2.45, 2.75) is 45.2 Å². The first-order valence-electron chi connectivity index (χ1n) is 9.37. The molecule has 0 saturated carbocycles. The number of imide groups is 1. The van der Waals surface area contributed by atoms with Crippen LogP contribution in [0.1, 0.15) is 37.8 Å². The van der Waals surface area contributed by atoms with Gasteiger partial charge in [0, 0.05) is 12.6 Å². The second-order valence-electron chi connectivity index (χ2n) is 7.82. The van der Waals surface area contributed by atoms with Crippen molar-refractivity contribution in [3.05, 3.63) is 35.4 Å². The van der Waals surface area contributed by atoms with Gasteiger partial charge >= 0.3 is 12.0 Å². The van der Waals surface area contributed by atoms with Crippen LogP contribution < -0.4 is 5.32 Å². The first-order valence-corrected chi connectivity index (χ1v) is 9.37. The Hall–Kier alpha value is -2.90. The van der Waals surface area contributed by atoms with Crippen LogP contribution in [0.25, 0.3) is 0 Å². The zero-order valence-electron chi connectivity index (χ0n) is 16.3. The Kier molecular flexibility index (Phi) is 5.14. The molecule has 2 aliphatic rings. The Morgan fingerprint density at radius 1 is 1.21 bits per heavy atom. The first kappa shape index (κ1) is 19.9. The number of likely N-dealkylation sites (tertiary alicyclic amines) is 1. The molecule has 0 aromatic heterocycles. The molecule has 0 radical (unpaired) electrons. The number of carboxylic acid groups (broad SMARTS) is 1. The number of hydrogen-bond donors (Lipinski definition) is 2. The van der Waals surface area contributed by atoms with Gasteiger partial charge in [0.25, 0.3) is 5.91 Å². The average molecular weight is 387 g/mol. The maximum Gasteiger partial charge on any atom is 0.325 e. The summed E-state index contributed by atoms with van der Waals surface area (Å²) in [6.07, 6.45) is 1.08. The fourth-order valence-corrected chi connectivity index (χ4v) is 3.81. The van der Waals surface area contributed by atoms with Crippen LogP contribution in [0.3, 0.4) is 0 Å². The number of nitrogens with one attached hydrogen (secondary N) is 1. The van der Waals surface area contributed by atoms with Gasteiger partial charge in [0.05, 0.1) is 5.92 Å². The van der Waals surface area contributed by atoms with Crippen molar-refractivity contribution in [3.63, 3.8) is 0 Å². The Bertz CT molecular complexity index is 822. The van der Waals surface area contributed by atoms with E-state index >= 15 is 0 Å². The highest BCUT2D eigenvalue weighted by Crippen LogP contribution is 2.29. The number of carboxylic acids is 1. The molecular weight excluding hydrogens is 362 g/mol. The van der Waals surface area contributed by atoms with E-state index in [1.807, 2.05) is 26.0 Å². The molecule has 0 spiro atoms. The van der Waals surface area contributed by atoms with Crippen molar-refractivity contribution in [2.75, 3.05) is 13.1 Å². The van der Waals surface area contributed by atoms with Crippen molar-refractivity contribution >= 4 is 23.8 Å². The summed E-state index contributed by atoms with van der Waals surface area (Å²) >= 11 is 0. The molecule has 0 bridgehead atoms. The van der Waals surface area contributed by atoms with E-state index in [0.29, 0.717) is 18.4 Å². The molecule has 4 amide bonds. The summed E-state index contributed by atoms with van der Waals surface area (Å²) in [5, 5.41) is 11.9. The highest BCUT2D eigenvalue weighted by atomic mass is 16.4. The summed E-state index contributed by atoms with van der Waals surface area (Å²) in [5.74, 6) is -2.48. The predicted octanol–water partition coefficient (Wildman–Crippen LogP) is 1.47. The normalized spacial score (nSPS) is 27.7. The molecule has 150 valence electrons. The van der Waals surface area contributed by atoms with Crippen LogP contribution in [-0.2, 0) is 19.9 Å². The number of amides is 4. The van der Waals surface area contributed by atoms with Gasteiger partial charge in [-0.25, -0.2) is 4.79 Å². The van der Waals surface area contributed by atoms with Crippen LogP contribution in [0.15, 0.2) is 24.3 Å². The molecule has 2 N–H and O–H groups in total. The lowest BCUT2D eigenvalue weighted by molar-refractivity contribution is -0.148. The van der Waals surface area contributed by atoms with E-state index < -0.39 is 41.8 Å². The Balaban J connectivity index is 1.76. The van der Waals surface area contributed by atoms with E-state index in [1.165, 1.54) is 4.90 Å². The molecule has 2 saturated heterocycles. The number of rotatable bonds is 4. The molecule has 2 fully saturated rings. The van der Waals surface area contributed by atoms with E-state index in [9.17, 15) is 24.3 Å². The third kappa shape index (κ3) is 3.46. The summed E-state index contributed by atoms with van der Waals surface area (Å²) in [4.78, 5) is 51.8. The number of aliphatic carboxylic acids is 1. The summed E-state index contributed by atoms with van der Waals surface area (Å²) in [7, 11) is 0. The molecule has 2 heterocycles. The molecule has 3 unspecified atom stereocenters. The van der Waals surface area contributed by atoms with Gasteiger partial charge in [-0.05, 0) is 39.2 Å². The van der Waals surface area contributed by atoms with Gasteiger partial charge in [-0.15, -0.1) is 0 Å². The molecule has 3 rings (SSSR count). The highest BCUT2D eigenvalue weighted by molar-refractivity contribution is 6.09. The van der Waals surface area contributed by atoms with Crippen LogP contribution in [0, 0.1) is 12.8 Å². The smallest absolute Gasteiger partial charge is 0.325 e. The maximum atomic E-state index is 13.0. The Morgan fingerprint density at radius 2 is 1.86 bits per heavy atom. The van der Waals surface area contributed by atoms with Gasteiger partial charge in [-0.3, -0.25) is 19.3 Å². The van der Waals surface area contributed by atoms with E-state index in [4.69, 9.17) is 0 Å². The van der Waals surface area contributed by atoms with Crippen LogP contribution in [0.5, 0.6) is 0 Å². The minimum absolute atomic E-state index is 0.0915. The van der Waals surface area contributed by atoms with Crippen molar-refractivity contribution < 1.29 is 24.3 Å². The number of carbonyl (C=O) groups excluding carboxylic acids is 3. The molecule has 3 atom stereocenters.